The molecular weight excluding hydrogens is 230 g/mol. The molecule has 1 rings (SSSR count). The van der Waals surface area contributed by atoms with Gasteiger partial charge in [0, 0.05) is 24.8 Å². The van der Waals surface area contributed by atoms with Gasteiger partial charge in [-0.15, -0.1) is 0 Å². The summed E-state index contributed by atoms with van der Waals surface area (Å²) >= 11 is 0. The van der Waals surface area contributed by atoms with Gasteiger partial charge in [-0.05, 0) is 26.0 Å². The quantitative estimate of drug-likeness (QED) is 0.542. The molecule has 0 saturated heterocycles. The number of anilines is 1. The van der Waals surface area contributed by atoms with Gasteiger partial charge in [0.05, 0.1) is 25.9 Å². The van der Waals surface area contributed by atoms with Gasteiger partial charge < -0.3 is 19.9 Å². The first kappa shape index (κ1) is 14.8. The van der Waals surface area contributed by atoms with E-state index in [0.717, 1.165) is 17.9 Å². The monoisotopic (exact) mass is 253 g/mol. The fraction of sp³-hybridized carbons (Fsp3) is 0.571. The summed E-state index contributed by atoms with van der Waals surface area (Å²) in [5.74, 6) is 0.804. The zero-order chi connectivity index (χ0) is 13.2. The minimum Gasteiger partial charge on any atom is -0.493 e. The molecule has 0 aromatic heterocycles. The Morgan fingerprint density at radius 2 is 1.94 bits per heavy atom. The topological polar surface area (TPSA) is 53.7 Å². The number of hydrogen-bond donors (Lipinski definition) is 1. The van der Waals surface area contributed by atoms with Crippen molar-refractivity contribution in [2.75, 3.05) is 32.2 Å². The predicted molar refractivity (Wildman–Crippen MR) is 72.9 cm³/mol. The Hall–Kier alpha value is -1.26. The largest absolute Gasteiger partial charge is 0.493 e. The van der Waals surface area contributed by atoms with Crippen LogP contribution in [0.1, 0.15) is 20.3 Å². The van der Waals surface area contributed by atoms with Crippen LogP contribution in [0.15, 0.2) is 24.3 Å². The molecule has 2 N–H and O–H groups in total. The molecule has 0 aliphatic heterocycles. The van der Waals surface area contributed by atoms with E-state index in [2.05, 4.69) is 0 Å². The fourth-order valence-electron chi connectivity index (χ4n) is 1.40. The minimum absolute atomic E-state index is 0.264. The smallest absolute Gasteiger partial charge is 0.121 e. The van der Waals surface area contributed by atoms with Crippen LogP contribution in [0.3, 0.4) is 0 Å². The SMILES string of the molecule is CC(C)OCCOCCCOc1cccc(N)c1. The van der Waals surface area contributed by atoms with E-state index in [-0.39, 0.29) is 6.10 Å². The molecule has 1 aromatic rings. The van der Waals surface area contributed by atoms with Crippen LogP contribution in [0.25, 0.3) is 0 Å². The molecule has 102 valence electrons. The van der Waals surface area contributed by atoms with Gasteiger partial charge in [0.1, 0.15) is 5.75 Å². The fourth-order valence-corrected chi connectivity index (χ4v) is 1.40. The molecule has 0 saturated carbocycles. The number of hydrogen-bond acceptors (Lipinski definition) is 4. The van der Waals surface area contributed by atoms with Crippen LogP contribution in [0, 0.1) is 0 Å². The van der Waals surface area contributed by atoms with E-state index in [1.807, 2.05) is 38.1 Å². The number of benzene rings is 1. The molecule has 0 amide bonds. The van der Waals surface area contributed by atoms with E-state index < -0.39 is 0 Å². The second kappa shape index (κ2) is 8.78. The first-order chi connectivity index (χ1) is 8.68. The van der Waals surface area contributed by atoms with Gasteiger partial charge in [0.15, 0.2) is 0 Å². The number of nitrogen functional groups attached to an aromatic ring is 1. The minimum atomic E-state index is 0.264. The molecule has 0 bridgehead atoms. The van der Waals surface area contributed by atoms with Crippen LogP contribution in [-0.2, 0) is 9.47 Å². The Morgan fingerprint density at radius 3 is 2.67 bits per heavy atom. The summed E-state index contributed by atoms with van der Waals surface area (Å²) in [4.78, 5) is 0. The van der Waals surface area contributed by atoms with Crippen molar-refractivity contribution in [2.45, 2.75) is 26.4 Å². The molecule has 4 nitrogen and oxygen atoms in total. The molecule has 0 aliphatic rings. The van der Waals surface area contributed by atoms with Crippen LogP contribution >= 0.6 is 0 Å². The standard InChI is InChI=1S/C14H23NO3/c1-12(2)17-10-9-16-7-4-8-18-14-6-3-5-13(15)11-14/h3,5-6,11-12H,4,7-10,15H2,1-2H3. The summed E-state index contributed by atoms with van der Waals surface area (Å²) < 4.78 is 16.3. The lowest BCUT2D eigenvalue weighted by Crippen LogP contribution is -2.11. The molecular formula is C14H23NO3. The maximum atomic E-state index is 5.65. The van der Waals surface area contributed by atoms with Crippen molar-refractivity contribution in [3.8, 4) is 5.75 Å². The summed E-state index contributed by atoms with van der Waals surface area (Å²) in [6, 6.07) is 7.43. The molecule has 0 atom stereocenters. The number of ether oxygens (including phenoxy) is 3. The highest BCUT2D eigenvalue weighted by molar-refractivity contribution is 5.43. The highest BCUT2D eigenvalue weighted by atomic mass is 16.5. The zero-order valence-corrected chi connectivity index (χ0v) is 11.2. The van der Waals surface area contributed by atoms with Crippen molar-refractivity contribution in [1.82, 2.24) is 0 Å². The lowest BCUT2D eigenvalue weighted by atomic mass is 10.3. The molecule has 0 heterocycles. The van der Waals surface area contributed by atoms with E-state index in [1.165, 1.54) is 0 Å². The number of nitrogens with two attached hydrogens (primary N) is 1. The molecule has 1 aromatic carbocycles. The average Bonchev–Trinajstić information content (AvgIpc) is 2.32. The summed E-state index contributed by atoms with van der Waals surface area (Å²) in [6.45, 7) is 6.63. The Morgan fingerprint density at radius 1 is 1.11 bits per heavy atom. The first-order valence-electron chi connectivity index (χ1n) is 6.36. The summed E-state index contributed by atoms with van der Waals surface area (Å²) in [5, 5.41) is 0. The van der Waals surface area contributed by atoms with Crippen LogP contribution in [0.4, 0.5) is 5.69 Å². The molecule has 0 fully saturated rings. The van der Waals surface area contributed by atoms with Crippen molar-refractivity contribution in [3.05, 3.63) is 24.3 Å². The second-order valence-electron chi connectivity index (χ2n) is 4.31. The van der Waals surface area contributed by atoms with Gasteiger partial charge in [-0.2, -0.15) is 0 Å². The third kappa shape index (κ3) is 7.14. The van der Waals surface area contributed by atoms with Gasteiger partial charge in [-0.25, -0.2) is 0 Å². The predicted octanol–water partition coefficient (Wildman–Crippen LogP) is 2.48. The number of rotatable bonds is 9. The van der Waals surface area contributed by atoms with Crippen LogP contribution in [0.5, 0.6) is 5.75 Å². The second-order valence-corrected chi connectivity index (χ2v) is 4.31. The molecule has 18 heavy (non-hydrogen) atoms. The first-order valence-corrected chi connectivity index (χ1v) is 6.36. The third-order valence-electron chi connectivity index (χ3n) is 2.24. The van der Waals surface area contributed by atoms with Gasteiger partial charge in [-0.1, -0.05) is 6.07 Å². The van der Waals surface area contributed by atoms with Crippen molar-refractivity contribution in [1.29, 1.82) is 0 Å². The lowest BCUT2D eigenvalue weighted by molar-refractivity contribution is 0.0170. The van der Waals surface area contributed by atoms with Gasteiger partial charge in [0.2, 0.25) is 0 Å². The Bertz CT molecular complexity index is 329. The normalized spacial score (nSPS) is 10.8. The molecule has 4 heteroatoms. The van der Waals surface area contributed by atoms with Gasteiger partial charge in [0.25, 0.3) is 0 Å². The van der Waals surface area contributed by atoms with Gasteiger partial charge >= 0.3 is 0 Å². The van der Waals surface area contributed by atoms with Crippen molar-refractivity contribution >= 4 is 5.69 Å². The maximum absolute atomic E-state index is 5.65. The van der Waals surface area contributed by atoms with Crippen molar-refractivity contribution in [3.63, 3.8) is 0 Å². The zero-order valence-electron chi connectivity index (χ0n) is 11.2. The van der Waals surface area contributed by atoms with Gasteiger partial charge in [-0.3, -0.25) is 0 Å². The average molecular weight is 253 g/mol. The van der Waals surface area contributed by atoms with Crippen molar-refractivity contribution in [2.24, 2.45) is 0 Å². The summed E-state index contributed by atoms with van der Waals surface area (Å²) in [7, 11) is 0. The van der Waals surface area contributed by atoms with E-state index in [0.29, 0.717) is 26.4 Å². The molecule has 0 radical (unpaired) electrons. The third-order valence-corrected chi connectivity index (χ3v) is 2.24. The lowest BCUT2D eigenvalue weighted by Gasteiger charge is -2.09. The highest BCUT2D eigenvalue weighted by Crippen LogP contribution is 2.14. The molecule has 0 unspecified atom stereocenters. The van der Waals surface area contributed by atoms with Crippen LogP contribution in [0.2, 0.25) is 0 Å². The highest BCUT2D eigenvalue weighted by Gasteiger charge is 1.96. The summed E-state index contributed by atoms with van der Waals surface area (Å²) in [5.41, 5.74) is 6.37. The van der Waals surface area contributed by atoms with E-state index in [4.69, 9.17) is 19.9 Å². The van der Waals surface area contributed by atoms with E-state index in [9.17, 15) is 0 Å². The van der Waals surface area contributed by atoms with Crippen LogP contribution in [-0.4, -0.2) is 32.5 Å². The van der Waals surface area contributed by atoms with Crippen molar-refractivity contribution < 1.29 is 14.2 Å². The maximum Gasteiger partial charge on any atom is 0.121 e. The Kier molecular flexibility index (Phi) is 7.22. The van der Waals surface area contributed by atoms with E-state index >= 15 is 0 Å². The summed E-state index contributed by atoms with van der Waals surface area (Å²) in [6.07, 6.45) is 1.12. The Balaban J connectivity index is 1.96. The Labute approximate surface area is 109 Å². The van der Waals surface area contributed by atoms with Crippen LogP contribution < -0.4 is 10.5 Å². The molecule has 0 aliphatic carbocycles. The molecule has 0 spiro atoms. The van der Waals surface area contributed by atoms with E-state index in [1.54, 1.807) is 0 Å².